The van der Waals surface area contributed by atoms with Gasteiger partial charge in [0.25, 0.3) is 5.91 Å². The fraction of sp³-hybridized carbons (Fsp3) is 0.536. The largest absolute Gasteiger partial charge is 0.458 e. The topological polar surface area (TPSA) is 105 Å². The summed E-state index contributed by atoms with van der Waals surface area (Å²) < 4.78 is 31.1. The smallest absolute Gasteiger partial charge is 0.253 e. The number of benzene rings is 1. The highest BCUT2D eigenvalue weighted by Crippen LogP contribution is 2.38. The zero-order chi connectivity index (χ0) is 27.8. The highest BCUT2D eigenvalue weighted by Gasteiger charge is 2.26. The maximum Gasteiger partial charge on any atom is 0.253 e. The number of unbranched alkanes of at least 4 members (excludes halogenated alkanes) is 2. The quantitative estimate of drug-likeness (QED) is 0.277. The molecule has 9 heteroatoms. The fourth-order valence-electron chi connectivity index (χ4n) is 3.66. The number of ether oxygens (including phenoxy) is 1. The lowest BCUT2D eigenvalue weighted by atomic mass is 10.1. The predicted octanol–water partition coefficient (Wildman–Crippen LogP) is 4.84. The third-order valence-electron chi connectivity index (χ3n) is 5.70. The van der Waals surface area contributed by atoms with Gasteiger partial charge in [-0.2, -0.15) is 0 Å². The minimum Gasteiger partial charge on any atom is -0.458 e. The lowest BCUT2D eigenvalue weighted by Gasteiger charge is -2.28. The van der Waals surface area contributed by atoms with Crippen molar-refractivity contribution in [2.75, 3.05) is 45.2 Å². The Morgan fingerprint density at radius 2 is 1.70 bits per heavy atom. The Kier molecular flexibility index (Phi) is 14.9. The molecule has 1 fully saturated rings. The summed E-state index contributed by atoms with van der Waals surface area (Å²) >= 11 is 0. The molecule has 2 rings (SSSR count). The van der Waals surface area contributed by atoms with Gasteiger partial charge in [-0.1, -0.05) is 51.5 Å². The molecule has 1 amide bonds. The van der Waals surface area contributed by atoms with Gasteiger partial charge in [-0.3, -0.25) is 4.79 Å². The number of nitrogens with zero attached hydrogens (tertiary/aromatic N) is 2. The second kappa shape index (κ2) is 17.0. The number of anilines is 1. The summed E-state index contributed by atoms with van der Waals surface area (Å²) in [5.74, 6) is 0.303. The van der Waals surface area contributed by atoms with Crippen LogP contribution in [0.5, 0.6) is 5.75 Å². The molecule has 0 spiro atoms. The first-order chi connectivity index (χ1) is 17.6. The number of nitrogens with one attached hydrogen (secondary N) is 1. The molecule has 1 saturated heterocycles. The second-order valence-electron chi connectivity index (χ2n) is 9.22. The van der Waals surface area contributed by atoms with Gasteiger partial charge >= 0.3 is 0 Å². The average molecular weight is 535 g/mol. The van der Waals surface area contributed by atoms with Crippen molar-refractivity contribution in [1.29, 1.82) is 0 Å². The molecule has 1 aliphatic rings. The maximum atomic E-state index is 12.7. The van der Waals surface area contributed by atoms with Gasteiger partial charge in [-0.05, 0) is 63.9 Å². The van der Waals surface area contributed by atoms with Gasteiger partial charge < -0.3 is 19.9 Å². The van der Waals surface area contributed by atoms with E-state index in [1.165, 1.54) is 36.9 Å². The predicted molar refractivity (Wildman–Crippen MR) is 154 cm³/mol. The van der Waals surface area contributed by atoms with E-state index in [0.29, 0.717) is 24.5 Å². The van der Waals surface area contributed by atoms with Crippen LogP contribution in [0.3, 0.4) is 0 Å². The van der Waals surface area contributed by atoms with Crippen molar-refractivity contribution in [1.82, 2.24) is 10.2 Å². The van der Waals surface area contributed by atoms with Crippen LogP contribution in [0.1, 0.15) is 69.7 Å². The number of amides is 1. The van der Waals surface area contributed by atoms with E-state index in [9.17, 15) is 13.2 Å². The van der Waals surface area contributed by atoms with Crippen molar-refractivity contribution >= 4 is 21.6 Å². The van der Waals surface area contributed by atoms with Crippen LogP contribution in [-0.2, 0) is 10.0 Å². The van der Waals surface area contributed by atoms with Gasteiger partial charge in [0, 0.05) is 32.7 Å². The van der Waals surface area contributed by atoms with E-state index in [0.717, 1.165) is 25.7 Å². The molecule has 0 saturated carbocycles. The van der Waals surface area contributed by atoms with Gasteiger partial charge in [0.15, 0.2) is 5.75 Å². The number of carbonyl (C=O) groups excluding carboxylic acids is 1. The Labute approximate surface area is 224 Å². The van der Waals surface area contributed by atoms with E-state index in [1.807, 2.05) is 0 Å². The van der Waals surface area contributed by atoms with E-state index in [-0.39, 0.29) is 22.1 Å². The lowest BCUT2D eigenvalue weighted by Crippen LogP contribution is -2.28. The van der Waals surface area contributed by atoms with Crippen LogP contribution in [0.15, 0.2) is 53.7 Å². The van der Waals surface area contributed by atoms with E-state index >= 15 is 0 Å². The maximum absolute atomic E-state index is 12.7. The summed E-state index contributed by atoms with van der Waals surface area (Å²) in [6, 6.07) is 2.99. The molecule has 0 bridgehead atoms. The Morgan fingerprint density at radius 1 is 1.11 bits per heavy atom. The molecule has 0 unspecified atom stereocenters. The van der Waals surface area contributed by atoms with Gasteiger partial charge in [0.05, 0.1) is 5.69 Å². The molecular formula is C28H46N4O4S. The molecule has 1 aromatic carbocycles. The molecule has 208 valence electrons. The number of rotatable bonds is 13. The number of sulfonamides is 1. The normalized spacial score (nSPS) is 13.7. The van der Waals surface area contributed by atoms with Gasteiger partial charge in [0.1, 0.15) is 10.7 Å². The Morgan fingerprint density at radius 3 is 2.14 bits per heavy atom. The van der Waals surface area contributed by atoms with Gasteiger partial charge in [-0.25, -0.2) is 13.6 Å². The first-order valence-corrected chi connectivity index (χ1v) is 14.6. The fourth-order valence-corrected chi connectivity index (χ4v) is 4.35. The minimum absolute atomic E-state index is 0.135. The number of hydrogen-bond acceptors (Lipinski definition) is 6. The molecule has 0 radical (unpaired) electrons. The van der Waals surface area contributed by atoms with E-state index < -0.39 is 10.0 Å². The number of primary sulfonamides is 1. The van der Waals surface area contributed by atoms with Crippen molar-refractivity contribution in [2.24, 2.45) is 5.14 Å². The molecule has 0 aliphatic carbocycles. The van der Waals surface area contributed by atoms with Crippen LogP contribution in [-0.4, -0.2) is 59.5 Å². The number of carbonyl (C=O) groups is 1. The minimum atomic E-state index is -4.17. The van der Waals surface area contributed by atoms with Crippen molar-refractivity contribution in [2.45, 2.75) is 64.2 Å². The summed E-state index contributed by atoms with van der Waals surface area (Å²) in [6.45, 7) is 13.4. The van der Waals surface area contributed by atoms with Crippen LogP contribution in [0.2, 0.25) is 0 Å². The summed E-state index contributed by atoms with van der Waals surface area (Å²) in [6.07, 6.45) is 13.4. The van der Waals surface area contributed by atoms with E-state index in [1.54, 1.807) is 51.4 Å². The van der Waals surface area contributed by atoms with E-state index in [2.05, 4.69) is 30.6 Å². The zero-order valence-electron chi connectivity index (χ0n) is 23.3. The van der Waals surface area contributed by atoms with Crippen molar-refractivity contribution in [3.63, 3.8) is 0 Å². The summed E-state index contributed by atoms with van der Waals surface area (Å²) in [4.78, 5) is 16.0. The third-order valence-corrected chi connectivity index (χ3v) is 6.61. The second-order valence-corrected chi connectivity index (χ2v) is 10.7. The number of allylic oxidation sites excluding steroid dienone is 5. The standard InChI is InChI=1S/C24H37N3O4S.C4H9N/c1-7-10-13-14-19(4)31-23-21(27(15-11-8-2)16-12-9-3)17-20(24(28)26(5)6)18-22(23)32(25,29)30;1-2-4-5-3-1/h7,10,13-14,17-18H,1,8-9,11-12,15-16H2,2-6H3,(H2,25,29,30);5H,1-4H2/b13-10-,19-14+;. The molecule has 0 atom stereocenters. The van der Waals surface area contributed by atoms with E-state index in [4.69, 9.17) is 9.88 Å². The molecule has 0 aromatic heterocycles. The van der Waals surface area contributed by atoms with Crippen LogP contribution in [0, 0.1) is 0 Å². The highest BCUT2D eigenvalue weighted by molar-refractivity contribution is 7.89. The SMILES string of the molecule is C1CCNC1.C=C/C=C\C=C(/C)Oc1c(N(CCCC)CCCC)cc(C(=O)N(C)C)cc1S(N)(=O)=O. The molecule has 1 aromatic rings. The first kappa shape index (κ1) is 32.4. The average Bonchev–Trinajstić information content (AvgIpc) is 3.44. The molecule has 1 heterocycles. The molecule has 1 aliphatic heterocycles. The monoisotopic (exact) mass is 534 g/mol. The molecule has 3 N–H and O–H groups in total. The van der Waals surface area contributed by atoms with Crippen molar-refractivity contribution in [3.8, 4) is 5.75 Å². The van der Waals surface area contributed by atoms with Gasteiger partial charge in [-0.15, -0.1) is 0 Å². The van der Waals surface area contributed by atoms with Crippen molar-refractivity contribution in [3.05, 3.63) is 54.3 Å². The molecule has 37 heavy (non-hydrogen) atoms. The van der Waals surface area contributed by atoms with Crippen LogP contribution in [0.4, 0.5) is 5.69 Å². The highest BCUT2D eigenvalue weighted by atomic mass is 32.2. The summed E-state index contributed by atoms with van der Waals surface area (Å²) in [5.41, 5.74) is 0.789. The Hall–Kier alpha value is -2.62. The summed E-state index contributed by atoms with van der Waals surface area (Å²) in [5, 5.41) is 8.79. The zero-order valence-corrected chi connectivity index (χ0v) is 24.1. The molecular weight excluding hydrogens is 488 g/mol. The summed E-state index contributed by atoms with van der Waals surface area (Å²) in [7, 11) is -0.929. The number of nitrogens with two attached hydrogens (primary N) is 1. The van der Waals surface area contributed by atoms with Crippen LogP contribution >= 0.6 is 0 Å². The Balaban J connectivity index is 0.00000121. The van der Waals surface area contributed by atoms with Crippen LogP contribution < -0.4 is 20.1 Å². The molecule has 8 nitrogen and oxygen atoms in total. The lowest BCUT2D eigenvalue weighted by molar-refractivity contribution is 0.0827. The van der Waals surface area contributed by atoms with Gasteiger partial charge in [0.2, 0.25) is 10.0 Å². The Bertz CT molecular complexity index is 1010. The van der Waals surface area contributed by atoms with Crippen molar-refractivity contribution < 1.29 is 17.9 Å². The van der Waals surface area contributed by atoms with Crippen LogP contribution in [0.25, 0.3) is 0 Å². The number of hydrogen-bond donors (Lipinski definition) is 2. The first-order valence-electron chi connectivity index (χ1n) is 13.1. The third kappa shape index (κ3) is 11.5.